The van der Waals surface area contributed by atoms with Crippen LogP contribution >= 0.6 is 11.8 Å². The number of anilines is 1. The Morgan fingerprint density at radius 1 is 1.07 bits per heavy atom. The summed E-state index contributed by atoms with van der Waals surface area (Å²) in [6, 6.07) is 15.1. The van der Waals surface area contributed by atoms with E-state index in [1.54, 1.807) is 14.0 Å². The number of rotatable bonds is 9. The highest BCUT2D eigenvalue weighted by Crippen LogP contribution is 2.27. The van der Waals surface area contributed by atoms with E-state index in [0.717, 1.165) is 28.3 Å². The van der Waals surface area contributed by atoms with Gasteiger partial charge in [0.05, 0.1) is 12.9 Å². The Morgan fingerprint density at radius 3 is 2.39 bits per heavy atom. The van der Waals surface area contributed by atoms with Crippen molar-refractivity contribution in [2.45, 2.75) is 44.1 Å². The number of thioether (sulfide) groups is 1. The van der Waals surface area contributed by atoms with Crippen LogP contribution in [0.2, 0.25) is 0 Å². The number of amides is 1. The number of ether oxygens (including phenoxy) is 2. The Bertz CT molecular complexity index is 791. The van der Waals surface area contributed by atoms with Crippen LogP contribution in [0.15, 0.2) is 53.4 Å². The zero-order valence-electron chi connectivity index (χ0n) is 16.7. The molecule has 0 aliphatic carbocycles. The van der Waals surface area contributed by atoms with Crippen molar-refractivity contribution in [3.63, 3.8) is 0 Å². The minimum atomic E-state index is -0.867. The average Bonchev–Trinajstić information content (AvgIpc) is 2.72. The molecule has 0 heterocycles. The van der Waals surface area contributed by atoms with Crippen molar-refractivity contribution in [1.82, 2.24) is 0 Å². The van der Waals surface area contributed by atoms with E-state index in [9.17, 15) is 9.59 Å². The molecule has 6 heteroatoms. The van der Waals surface area contributed by atoms with Gasteiger partial charge in [0.25, 0.3) is 5.91 Å². The molecule has 0 saturated heterocycles. The quantitative estimate of drug-likeness (QED) is 0.480. The van der Waals surface area contributed by atoms with E-state index < -0.39 is 12.1 Å². The van der Waals surface area contributed by atoms with Crippen molar-refractivity contribution in [2.75, 3.05) is 18.2 Å². The lowest BCUT2D eigenvalue weighted by Crippen LogP contribution is -2.31. The molecule has 2 rings (SSSR count). The molecule has 0 saturated carbocycles. The first-order chi connectivity index (χ1) is 13.4. The summed E-state index contributed by atoms with van der Waals surface area (Å²) in [5, 5.41) is 2.88. The van der Waals surface area contributed by atoms with E-state index in [0.29, 0.717) is 5.92 Å². The van der Waals surface area contributed by atoms with Gasteiger partial charge < -0.3 is 14.8 Å². The second kappa shape index (κ2) is 10.8. The van der Waals surface area contributed by atoms with E-state index >= 15 is 0 Å². The summed E-state index contributed by atoms with van der Waals surface area (Å²) in [6.07, 6.45) is 0.106. The van der Waals surface area contributed by atoms with Gasteiger partial charge >= 0.3 is 5.97 Å². The highest BCUT2D eigenvalue weighted by atomic mass is 32.2. The number of hydrogen-bond acceptors (Lipinski definition) is 5. The van der Waals surface area contributed by atoms with Crippen molar-refractivity contribution in [1.29, 1.82) is 0 Å². The fraction of sp³-hybridized carbons (Fsp3) is 0.364. The lowest BCUT2D eigenvalue weighted by atomic mass is 9.97. The molecule has 5 nitrogen and oxygen atoms in total. The smallest absolute Gasteiger partial charge is 0.317 e. The number of esters is 1. The molecule has 1 N–H and O–H groups in total. The first-order valence-electron chi connectivity index (χ1n) is 9.30. The Balaban J connectivity index is 1.87. The summed E-state index contributed by atoms with van der Waals surface area (Å²) in [7, 11) is 1.60. The van der Waals surface area contributed by atoms with Crippen molar-refractivity contribution >= 4 is 29.3 Å². The number of carbonyl (C=O) groups is 2. The molecular formula is C22H27NO4S. The SMILES string of the molecule is CC[C@@H](C)c1ccccc1NC(=O)[C@H](C)OC(=O)CSc1ccc(OC)cc1. The topological polar surface area (TPSA) is 64.6 Å². The molecule has 2 aromatic rings. The van der Waals surface area contributed by atoms with Crippen molar-refractivity contribution in [3.05, 3.63) is 54.1 Å². The molecule has 0 bridgehead atoms. The van der Waals surface area contributed by atoms with Crippen molar-refractivity contribution in [2.24, 2.45) is 0 Å². The van der Waals surface area contributed by atoms with E-state index in [2.05, 4.69) is 19.2 Å². The maximum atomic E-state index is 12.4. The molecule has 0 fully saturated rings. The second-order valence-electron chi connectivity index (χ2n) is 6.48. The lowest BCUT2D eigenvalue weighted by Gasteiger charge is -2.18. The van der Waals surface area contributed by atoms with Crippen LogP contribution in [0, 0.1) is 0 Å². The van der Waals surface area contributed by atoms with E-state index in [1.165, 1.54) is 11.8 Å². The maximum Gasteiger partial charge on any atom is 0.317 e. The molecule has 0 radical (unpaired) electrons. The minimum Gasteiger partial charge on any atom is -0.497 e. The number of benzene rings is 2. The summed E-state index contributed by atoms with van der Waals surface area (Å²) in [5.41, 5.74) is 1.84. The number of hydrogen-bond donors (Lipinski definition) is 1. The largest absolute Gasteiger partial charge is 0.497 e. The molecule has 150 valence electrons. The van der Waals surface area contributed by atoms with Gasteiger partial charge in [-0.2, -0.15) is 0 Å². The van der Waals surface area contributed by atoms with Crippen LogP contribution in [0.1, 0.15) is 38.7 Å². The van der Waals surface area contributed by atoms with Crippen LogP contribution < -0.4 is 10.1 Å². The van der Waals surface area contributed by atoms with Gasteiger partial charge in [0.15, 0.2) is 6.10 Å². The fourth-order valence-electron chi connectivity index (χ4n) is 2.59. The highest BCUT2D eigenvalue weighted by molar-refractivity contribution is 8.00. The Hall–Kier alpha value is -2.47. The van der Waals surface area contributed by atoms with E-state index in [-0.39, 0.29) is 11.7 Å². The van der Waals surface area contributed by atoms with Gasteiger partial charge in [-0.25, -0.2) is 0 Å². The van der Waals surface area contributed by atoms with Crippen LogP contribution in [0.4, 0.5) is 5.69 Å². The van der Waals surface area contributed by atoms with Gasteiger partial charge in [-0.15, -0.1) is 11.8 Å². The summed E-state index contributed by atoms with van der Waals surface area (Å²) in [4.78, 5) is 25.5. The molecule has 2 aromatic carbocycles. The Morgan fingerprint density at radius 2 is 1.75 bits per heavy atom. The van der Waals surface area contributed by atoms with Crippen molar-refractivity contribution in [3.8, 4) is 5.75 Å². The van der Waals surface area contributed by atoms with Crippen LogP contribution in [-0.2, 0) is 14.3 Å². The molecule has 2 atom stereocenters. The monoisotopic (exact) mass is 401 g/mol. The van der Waals surface area contributed by atoms with Crippen LogP contribution in [0.5, 0.6) is 5.75 Å². The zero-order chi connectivity index (χ0) is 20.5. The van der Waals surface area contributed by atoms with E-state index in [4.69, 9.17) is 9.47 Å². The Labute approximate surface area is 170 Å². The summed E-state index contributed by atoms with van der Waals surface area (Å²) >= 11 is 1.35. The molecule has 0 aromatic heterocycles. The average molecular weight is 402 g/mol. The summed E-state index contributed by atoms with van der Waals surface area (Å²) < 4.78 is 10.4. The Kier molecular flexibility index (Phi) is 8.39. The molecular weight excluding hydrogens is 374 g/mol. The molecule has 0 aliphatic heterocycles. The molecule has 28 heavy (non-hydrogen) atoms. The zero-order valence-corrected chi connectivity index (χ0v) is 17.5. The van der Waals surface area contributed by atoms with Crippen molar-refractivity contribution < 1.29 is 19.1 Å². The highest BCUT2D eigenvalue weighted by Gasteiger charge is 2.19. The predicted molar refractivity (Wildman–Crippen MR) is 113 cm³/mol. The summed E-state index contributed by atoms with van der Waals surface area (Å²) in [5.74, 6) is 0.454. The fourth-order valence-corrected chi connectivity index (χ4v) is 3.27. The molecule has 0 aliphatic rings. The third-order valence-corrected chi connectivity index (χ3v) is 5.44. The number of methoxy groups -OCH3 is 1. The minimum absolute atomic E-state index is 0.132. The third-order valence-electron chi connectivity index (χ3n) is 4.46. The first-order valence-corrected chi connectivity index (χ1v) is 10.3. The number of carbonyl (C=O) groups excluding carboxylic acids is 2. The number of nitrogens with one attached hydrogen (secondary N) is 1. The van der Waals surface area contributed by atoms with Gasteiger partial charge in [-0.1, -0.05) is 32.0 Å². The van der Waals surface area contributed by atoms with Crippen LogP contribution in [-0.4, -0.2) is 30.8 Å². The van der Waals surface area contributed by atoms with Gasteiger partial charge in [-0.3, -0.25) is 9.59 Å². The van der Waals surface area contributed by atoms with Gasteiger partial charge in [-0.05, 0) is 55.2 Å². The third kappa shape index (κ3) is 6.30. The predicted octanol–water partition coefficient (Wildman–Crippen LogP) is 4.87. The standard InChI is InChI=1S/C22H27NO4S/c1-5-15(2)19-8-6-7-9-20(19)23-22(25)16(3)27-21(24)14-28-18-12-10-17(26-4)11-13-18/h6-13,15-16H,5,14H2,1-4H3,(H,23,25)/t15-,16+/m1/s1. The first kappa shape index (κ1) is 21.8. The normalized spacial score (nSPS) is 12.7. The molecule has 1 amide bonds. The van der Waals surface area contributed by atoms with Gasteiger partial charge in [0.2, 0.25) is 0 Å². The van der Waals surface area contributed by atoms with Crippen LogP contribution in [0.25, 0.3) is 0 Å². The summed E-state index contributed by atoms with van der Waals surface area (Å²) in [6.45, 7) is 5.80. The van der Waals surface area contributed by atoms with Crippen LogP contribution in [0.3, 0.4) is 0 Å². The lowest BCUT2D eigenvalue weighted by molar-refractivity contribution is -0.150. The molecule has 0 unspecified atom stereocenters. The van der Waals surface area contributed by atoms with Gasteiger partial charge in [0, 0.05) is 10.6 Å². The van der Waals surface area contributed by atoms with E-state index in [1.807, 2.05) is 48.5 Å². The number of para-hydroxylation sites is 1. The second-order valence-corrected chi connectivity index (χ2v) is 7.53. The van der Waals surface area contributed by atoms with Gasteiger partial charge in [0.1, 0.15) is 5.75 Å². The maximum absolute atomic E-state index is 12.4. The molecule has 0 spiro atoms.